The predicted octanol–water partition coefficient (Wildman–Crippen LogP) is 11.3. The maximum Gasteiger partial charge on any atom is 0.472 e. The minimum absolute atomic E-state index is 0.0258. The van der Waals surface area contributed by atoms with Crippen molar-refractivity contribution < 1.29 is 47.5 Å². The molecule has 1 unspecified atom stereocenters. The molecular formula is C47H84NO10P. The van der Waals surface area contributed by atoms with Crippen LogP contribution in [0.15, 0.2) is 36.5 Å². The third-order valence-corrected chi connectivity index (χ3v) is 11.8. The van der Waals surface area contributed by atoms with Gasteiger partial charge in [-0.15, -0.1) is 0 Å². The summed E-state index contributed by atoms with van der Waals surface area (Å²) < 4.78 is 32.8. The summed E-state index contributed by atoms with van der Waals surface area (Å²) in [5, 5.41) is 10.2. The number of rotatable bonds is 41. The molecule has 0 aromatic carbocycles. The lowest BCUT2D eigenvalue weighted by Crippen LogP contribution is -2.29. The summed E-state index contributed by atoms with van der Waals surface area (Å²) in [5.41, 5.74) is 5.35. The van der Waals surface area contributed by atoms with E-state index in [0.29, 0.717) is 32.1 Å². The number of allylic oxidation sites excluding steroid dienone is 5. The maximum atomic E-state index is 12.7. The highest BCUT2D eigenvalue weighted by atomic mass is 31.2. The first-order chi connectivity index (χ1) is 28.6. The van der Waals surface area contributed by atoms with Crippen molar-refractivity contribution in [1.82, 2.24) is 0 Å². The summed E-state index contributed by atoms with van der Waals surface area (Å²) in [5.74, 6) is -1.17. The van der Waals surface area contributed by atoms with Gasteiger partial charge in [0.25, 0.3) is 0 Å². The highest BCUT2D eigenvalue weighted by Gasteiger charge is 2.27. The van der Waals surface area contributed by atoms with Gasteiger partial charge in [0, 0.05) is 25.3 Å². The Kier molecular flexibility index (Phi) is 35.0. The Labute approximate surface area is 358 Å². The average molecular weight is 854 g/mol. The third kappa shape index (κ3) is 32.3. The van der Waals surface area contributed by atoms with Gasteiger partial charge in [-0.2, -0.15) is 0 Å². The molecule has 0 saturated heterocycles. The summed E-state index contributed by atoms with van der Waals surface area (Å²) in [4.78, 5) is 47.5. The quantitative estimate of drug-likeness (QED) is 0.0231. The molecule has 342 valence electrons. The zero-order chi connectivity index (χ0) is 43.2. The summed E-state index contributed by atoms with van der Waals surface area (Å²) in [7, 11) is -4.43. The van der Waals surface area contributed by atoms with Crippen molar-refractivity contribution in [3.05, 3.63) is 36.5 Å². The molecule has 0 aliphatic heterocycles. The Hall–Kier alpha value is -2.14. The maximum absolute atomic E-state index is 12.7. The van der Waals surface area contributed by atoms with E-state index in [1.54, 1.807) is 12.2 Å². The number of carbonyl (C=O) groups is 3. The molecule has 4 N–H and O–H groups in total. The Morgan fingerprint density at radius 1 is 0.746 bits per heavy atom. The van der Waals surface area contributed by atoms with Gasteiger partial charge >= 0.3 is 19.8 Å². The highest BCUT2D eigenvalue weighted by Crippen LogP contribution is 2.43. The Morgan fingerprint density at radius 3 is 1.86 bits per heavy atom. The molecule has 59 heavy (non-hydrogen) atoms. The van der Waals surface area contributed by atoms with Gasteiger partial charge in [-0.05, 0) is 44.1 Å². The van der Waals surface area contributed by atoms with Gasteiger partial charge in [0.05, 0.1) is 19.3 Å². The van der Waals surface area contributed by atoms with Gasteiger partial charge in [0.2, 0.25) is 0 Å². The molecule has 0 spiro atoms. The SMILES string of the molecule is CCCCCCCCCCCCCCCCCCCCCC(=O)O[C@H](COC(=O)CCC/C=C\C[C@H]1C=CC(=O)[C@@H]1/C=C/[C@@H](O)CCCCC)COP(=O)(O)OCCN. The van der Waals surface area contributed by atoms with Crippen LogP contribution in [0.1, 0.15) is 194 Å². The number of unbranched alkanes of at least 4 members (excludes halogenated alkanes) is 21. The van der Waals surface area contributed by atoms with Crippen LogP contribution in [0, 0.1) is 11.8 Å². The molecule has 1 aliphatic carbocycles. The number of phosphoric acid groups is 1. The molecule has 0 radical (unpaired) electrons. The fourth-order valence-corrected chi connectivity index (χ4v) is 7.92. The van der Waals surface area contributed by atoms with E-state index in [-0.39, 0.29) is 50.2 Å². The topological polar surface area (TPSA) is 172 Å². The monoisotopic (exact) mass is 854 g/mol. The molecular weight excluding hydrogens is 769 g/mol. The van der Waals surface area contributed by atoms with Crippen molar-refractivity contribution in [2.75, 3.05) is 26.4 Å². The average Bonchev–Trinajstić information content (AvgIpc) is 3.57. The second-order valence-corrected chi connectivity index (χ2v) is 17.7. The second-order valence-electron chi connectivity index (χ2n) is 16.3. The van der Waals surface area contributed by atoms with E-state index in [2.05, 4.69) is 13.8 Å². The fourth-order valence-electron chi connectivity index (χ4n) is 7.16. The van der Waals surface area contributed by atoms with Crippen LogP contribution >= 0.6 is 7.82 Å². The van der Waals surface area contributed by atoms with Gasteiger partial charge in [-0.25, -0.2) is 4.57 Å². The van der Waals surface area contributed by atoms with Gasteiger partial charge in [0.15, 0.2) is 11.9 Å². The molecule has 0 aromatic heterocycles. The summed E-state index contributed by atoms with van der Waals surface area (Å²) in [6.45, 7) is 3.43. The van der Waals surface area contributed by atoms with E-state index < -0.39 is 38.6 Å². The number of nitrogens with two attached hydrogens (primary N) is 1. The van der Waals surface area contributed by atoms with E-state index >= 15 is 0 Å². The number of ketones is 1. The molecule has 0 heterocycles. The first-order valence-electron chi connectivity index (χ1n) is 23.5. The largest absolute Gasteiger partial charge is 0.472 e. The number of aliphatic hydroxyl groups is 1. The Balaban J connectivity index is 2.29. The number of hydrogen-bond donors (Lipinski definition) is 3. The van der Waals surface area contributed by atoms with E-state index in [1.807, 2.05) is 24.3 Å². The molecule has 12 heteroatoms. The van der Waals surface area contributed by atoms with Crippen LogP contribution in [0.2, 0.25) is 0 Å². The van der Waals surface area contributed by atoms with Crippen LogP contribution in [0.25, 0.3) is 0 Å². The van der Waals surface area contributed by atoms with E-state index in [0.717, 1.165) is 38.5 Å². The van der Waals surface area contributed by atoms with Gasteiger partial charge < -0.3 is 25.2 Å². The van der Waals surface area contributed by atoms with Crippen LogP contribution in [0.4, 0.5) is 0 Å². The number of carbonyl (C=O) groups excluding carboxylic acids is 3. The minimum Gasteiger partial charge on any atom is -0.462 e. The molecule has 0 amide bonds. The van der Waals surface area contributed by atoms with Crippen molar-refractivity contribution >= 4 is 25.5 Å². The van der Waals surface area contributed by atoms with Gasteiger partial charge in [-0.3, -0.25) is 23.4 Å². The van der Waals surface area contributed by atoms with Crippen LogP contribution in [0.3, 0.4) is 0 Å². The Morgan fingerprint density at radius 2 is 1.29 bits per heavy atom. The van der Waals surface area contributed by atoms with Crippen molar-refractivity contribution in [3.8, 4) is 0 Å². The Bertz CT molecular complexity index is 1210. The van der Waals surface area contributed by atoms with Crippen molar-refractivity contribution in [2.45, 2.75) is 206 Å². The van der Waals surface area contributed by atoms with Gasteiger partial charge in [-0.1, -0.05) is 179 Å². The number of ether oxygens (including phenoxy) is 2. The standard InChI is InChI=1S/C47H84NO10P/c1-3-5-7-8-9-10-11-12-13-14-15-16-17-18-19-20-21-22-28-32-47(52)58-43(40-57-59(53,54)56-38-37-48)39-55-46(51)31-27-24-23-26-29-41-33-36-45(50)44(41)35-34-42(49)30-25-6-4-2/h23,26,33-36,41-44,49H,3-22,24-25,27-32,37-40,48H2,1-2H3,(H,53,54)/b26-23-,35-34+/t41-,42-,43+,44+/m0/s1. The predicted molar refractivity (Wildman–Crippen MR) is 238 cm³/mol. The molecule has 1 aliphatic rings. The lowest BCUT2D eigenvalue weighted by atomic mass is 9.90. The van der Waals surface area contributed by atoms with Gasteiger partial charge in [0.1, 0.15) is 6.61 Å². The number of esters is 2. The van der Waals surface area contributed by atoms with Crippen molar-refractivity contribution in [3.63, 3.8) is 0 Å². The third-order valence-electron chi connectivity index (χ3n) is 10.8. The molecule has 0 bridgehead atoms. The summed E-state index contributed by atoms with van der Waals surface area (Å²) in [6.07, 6.45) is 39.5. The number of phosphoric ester groups is 1. The smallest absolute Gasteiger partial charge is 0.462 e. The lowest BCUT2D eigenvalue weighted by molar-refractivity contribution is -0.161. The zero-order valence-electron chi connectivity index (χ0n) is 37.1. The molecule has 0 saturated carbocycles. The molecule has 11 nitrogen and oxygen atoms in total. The van der Waals surface area contributed by atoms with Crippen LogP contribution < -0.4 is 5.73 Å². The molecule has 0 aromatic rings. The molecule has 5 atom stereocenters. The summed E-state index contributed by atoms with van der Waals surface area (Å²) >= 11 is 0. The minimum atomic E-state index is -4.43. The zero-order valence-corrected chi connectivity index (χ0v) is 38.0. The van der Waals surface area contributed by atoms with Crippen molar-refractivity contribution in [2.24, 2.45) is 17.6 Å². The van der Waals surface area contributed by atoms with Crippen molar-refractivity contribution in [1.29, 1.82) is 0 Å². The molecule has 1 rings (SSSR count). The van der Waals surface area contributed by atoms with Crippen LogP contribution in [-0.4, -0.2) is 66.3 Å². The highest BCUT2D eigenvalue weighted by molar-refractivity contribution is 7.47. The number of hydrogen-bond acceptors (Lipinski definition) is 10. The summed E-state index contributed by atoms with van der Waals surface area (Å²) in [6, 6.07) is 0. The van der Waals surface area contributed by atoms with Crippen LogP contribution in [0.5, 0.6) is 0 Å². The lowest BCUT2D eigenvalue weighted by Gasteiger charge is -2.19. The van der Waals surface area contributed by atoms with E-state index in [4.69, 9.17) is 24.3 Å². The first kappa shape index (κ1) is 54.9. The normalized spacial score (nSPS) is 17.5. The van der Waals surface area contributed by atoms with E-state index in [9.17, 15) is 28.9 Å². The fraction of sp³-hybridized carbons (Fsp3) is 0.809. The second kappa shape index (κ2) is 37.6. The molecule has 0 fully saturated rings. The first-order valence-corrected chi connectivity index (χ1v) is 25.0. The number of aliphatic hydroxyl groups excluding tert-OH is 1. The van der Waals surface area contributed by atoms with Crippen LogP contribution in [-0.2, 0) is 37.5 Å². The van der Waals surface area contributed by atoms with E-state index in [1.165, 1.54) is 96.3 Å².